The summed E-state index contributed by atoms with van der Waals surface area (Å²) in [4.78, 5) is 34.6. The van der Waals surface area contributed by atoms with E-state index in [1.165, 1.54) is 5.56 Å². The first-order valence-electron chi connectivity index (χ1n) is 10.6. The highest BCUT2D eigenvalue weighted by atomic mass is 16.2. The molecule has 0 N–H and O–H groups in total. The lowest BCUT2D eigenvalue weighted by atomic mass is 10.1. The molecule has 2 heterocycles. The van der Waals surface area contributed by atoms with Crippen molar-refractivity contribution in [1.82, 2.24) is 14.5 Å². The van der Waals surface area contributed by atoms with Gasteiger partial charge in [-0.25, -0.2) is 4.98 Å². The lowest BCUT2D eigenvalue weighted by molar-refractivity contribution is 0.0746. The molecule has 1 amide bonds. The van der Waals surface area contributed by atoms with Gasteiger partial charge in [0.2, 0.25) is 0 Å². The first-order chi connectivity index (χ1) is 14.5. The summed E-state index contributed by atoms with van der Waals surface area (Å²) in [6.07, 6.45) is 0.881. The average molecular weight is 405 g/mol. The number of aryl methyl sites for hydroxylation is 3. The fraction of sp³-hybridized carbons (Fsp3) is 0.375. The van der Waals surface area contributed by atoms with E-state index in [-0.39, 0.29) is 11.5 Å². The summed E-state index contributed by atoms with van der Waals surface area (Å²) in [7, 11) is 0. The molecule has 4 rings (SSSR count). The number of carbonyl (C=O) groups is 1. The van der Waals surface area contributed by atoms with Gasteiger partial charge in [-0.2, -0.15) is 0 Å². The largest absolute Gasteiger partial charge is 0.348 e. The maximum absolute atomic E-state index is 13.2. The number of rotatable bonds is 4. The van der Waals surface area contributed by atoms with Crippen molar-refractivity contribution in [2.24, 2.45) is 0 Å². The SMILES string of the molecule is CCCn1c(=O)c(N2CCN(C(=O)c3ccc(C)c(C)c3)CC2)nc2ccccc21. The molecule has 1 fully saturated rings. The Morgan fingerprint density at radius 2 is 1.73 bits per heavy atom. The van der Waals surface area contributed by atoms with Gasteiger partial charge in [-0.15, -0.1) is 0 Å². The number of para-hydroxylation sites is 2. The number of amides is 1. The van der Waals surface area contributed by atoms with E-state index in [1.807, 2.05) is 70.7 Å². The number of hydrogen-bond acceptors (Lipinski definition) is 4. The molecular formula is C24H28N4O2. The molecular weight excluding hydrogens is 376 g/mol. The van der Waals surface area contributed by atoms with Gasteiger partial charge in [-0.3, -0.25) is 9.59 Å². The molecule has 1 aromatic heterocycles. The van der Waals surface area contributed by atoms with Crippen LogP contribution in [0.15, 0.2) is 47.3 Å². The van der Waals surface area contributed by atoms with Crippen LogP contribution in [0.4, 0.5) is 5.82 Å². The molecule has 1 aliphatic heterocycles. The van der Waals surface area contributed by atoms with Crippen LogP contribution in [0.5, 0.6) is 0 Å². The molecule has 1 aliphatic rings. The number of hydrogen-bond donors (Lipinski definition) is 0. The minimum atomic E-state index is -0.0514. The third-order valence-corrected chi connectivity index (χ3v) is 5.90. The molecule has 0 saturated carbocycles. The molecule has 0 radical (unpaired) electrons. The van der Waals surface area contributed by atoms with Crippen molar-refractivity contribution in [1.29, 1.82) is 0 Å². The highest BCUT2D eigenvalue weighted by molar-refractivity contribution is 5.94. The predicted octanol–water partition coefficient (Wildman–Crippen LogP) is 3.39. The second-order valence-corrected chi connectivity index (χ2v) is 7.96. The van der Waals surface area contributed by atoms with Gasteiger partial charge < -0.3 is 14.4 Å². The van der Waals surface area contributed by atoms with Crippen LogP contribution in [0.1, 0.15) is 34.8 Å². The molecule has 0 atom stereocenters. The molecule has 0 unspecified atom stereocenters. The third kappa shape index (κ3) is 3.70. The zero-order chi connectivity index (χ0) is 21.3. The monoisotopic (exact) mass is 404 g/mol. The highest BCUT2D eigenvalue weighted by Crippen LogP contribution is 2.18. The Morgan fingerprint density at radius 1 is 1.00 bits per heavy atom. The zero-order valence-electron chi connectivity index (χ0n) is 17.9. The Bertz CT molecular complexity index is 1140. The second kappa shape index (κ2) is 8.30. The van der Waals surface area contributed by atoms with Gasteiger partial charge in [0.1, 0.15) is 0 Å². The smallest absolute Gasteiger partial charge is 0.294 e. The van der Waals surface area contributed by atoms with Crippen LogP contribution in [-0.2, 0) is 6.54 Å². The van der Waals surface area contributed by atoms with E-state index < -0.39 is 0 Å². The standard InChI is InChI=1S/C24H28N4O2/c1-4-11-28-21-8-6-5-7-20(21)25-22(24(28)30)26-12-14-27(15-13-26)23(29)19-10-9-17(2)18(3)16-19/h5-10,16H,4,11-15H2,1-3H3. The molecule has 1 saturated heterocycles. The van der Waals surface area contributed by atoms with Gasteiger partial charge in [0, 0.05) is 38.3 Å². The number of aromatic nitrogens is 2. The normalized spacial score (nSPS) is 14.4. The van der Waals surface area contributed by atoms with Crippen LogP contribution >= 0.6 is 0 Å². The van der Waals surface area contributed by atoms with Gasteiger partial charge in [-0.05, 0) is 55.7 Å². The average Bonchev–Trinajstić information content (AvgIpc) is 2.77. The van der Waals surface area contributed by atoms with Crippen LogP contribution in [0.3, 0.4) is 0 Å². The number of piperazine rings is 1. The van der Waals surface area contributed by atoms with Crippen LogP contribution in [0.2, 0.25) is 0 Å². The predicted molar refractivity (Wildman–Crippen MR) is 120 cm³/mol. The minimum Gasteiger partial charge on any atom is -0.348 e. The molecule has 6 heteroatoms. The molecule has 2 aromatic carbocycles. The van der Waals surface area contributed by atoms with Crippen LogP contribution in [0, 0.1) is 13.8 Å². The lowest BCUT2D eigenvalue weighted by Gasteiger charge is -2.35. The first kappa shape index (κ1) is 20.1. The summed E-state index contributed by atoms with van der Waals surface area (Å²) >= 11 is 0. The number of anilines is 1. The van der Waals surface area contributed by atoms with Gasteiger partial charge in [0.05, 0.1) is 11.0 Å². The maximum atomic E-state index is 13.2. The fourth-order valence-electron chi connectivity index (χ4n) is 4.01. The third-order valence-electron chi connectivity index (χ3n) is 5.90. The van der Waals surface area contributed by atoms with Gasteiger partial charge in [0.15, 0.2) is 5.82 Å². The summed E-state index contributed by atoms with van der Waals surface area (Å²) in [5, 5.41) is 0. The van der Waals surface area contributed by atoms with Crippen molar-refractivity contribution in [2.45, 2.75) is 33.7 Å². The molecule has 0 bridgehead atoms. The lowest BCUT2D eigenvalue weighted by Crippen LogP contribution is -2.50. The Labute approximate surface area is 176 Å². The van der Waals surface area contributed by atoms with Crippen molar-refractivity contribution in [3.63, 3.8) is 0 Å². The van der Waals surface area contributed by atoms with E-state index >= 15 is 0 Å². The van der Waals surface area contributed by atoms with E-state index in [0.717, 1.165) is 28.6 Å². The minimum absolute atomic E-state index is 0.0487. The number of nitrogens with zero attached hydrogens (tertiary/aromatic N) is 4. The van der Waals surface area contributed by atoms with Gasteiger partial charge in [-0.1, -0.05) is 25.1 Å². The highest BCUT2D eigenvalue weighted by Gasteiger charge is 2.25. The van der Waals surface area contributed by atoms with Gasteiger partial charge >= 0.3 is 0 Å². The summed E-state index contributed by atoms with van der Waals surface area (Å²) in [6.45, 7) is 9.16. The molecule has 0 aliphatic carbocycles. The maximum Gasteiger partial charge on any atom is 0.294 e. The Hall–Kier alpha value is -3.15. The van der Waals surface area contributed by atoms with Crippen molar-refractivity contribution >= 4 is 22.8 Å². The van der Waals surface area contributed by atoms with E-state index in [2.05, 4.69) is 11.9 Å². The van der Waals surface area contributed by atoms with Crippen molar-refractivity contribution in [3.05, 3.63) is 69.5 Å². The molecule has 3 aromatic rings. The van der Waals surface area contributed by atoms with Gasteiger partial charge in [0.25, 0.3) is 11.5 Å². The van der Waals surface area contributed by atoms with Crippen LogP contribution in [0.25, 0.3) is 11.0 Å². The van der Waals surface area contributed by atoms with Crippen LogP contribution < -0.4 is 10.5 Å². The molecule has 156 valence electrons. The Kier molecular flexibility index (Phi) is 5.57. The Balaban J connectivity index is 1.56. The quantitative estimate of drug-likeness (QED) is 0.669. The van der Waals surface area contributed by atoms with Crippen LogP contribution in [-0.4, -0.2) is 46.5 Å². The molecule has 6 nitrogen and oxygen atoms in total. The summed E-state index contributed by atoms with van der Waals surface area (Å²) in [5.41, 5.74) is 4.68. The van der Waals surface area contributed by atoms with Crippen molar-refractivity contribution < 1.29 is 4.79 Å². The van der Waals surface area contributed by atoms with E-state index in [4.69, 9.17) is 0 Å². The van der Waals surface area contributed by atoms with E-state index in [9.17, 15) is 9.59 Å². The Morgan fingerprint density at radius 3 is 2.43 bits per heavy atom. The summed E-state index contributed by atoms with van der Waals surface area (Å²) in [5.74, 6) is 0.535. The van der Waals surface area contributed by atoms with E-state index in [0.29, 0.717) is 38.5 Å². The van der Waals surface area contributed by atoms with Crippen molar-refractivity contribution in [3.8, 4) is 0 Å². The van der Waals surface area contributed by atoms with Crippen molar-refractivity contribution in [2.75, 3.05) is 31.1 Å². The summed E-state index contributed by atoms with van der Waals surface area (Å²) in [6, 6.07) is 13.6. The molecule has 0 spiro atoms. The number of carbonyl (C=O) groups excluding carboxylic acids is 1. The number of benzene rings is 2. The zero-order valence-corrected chi connectivity index (χ0v) is 17.9. The number of fused-ring (bicyclic) bond motifs is 1. The first-order valence-corrected chi connectivity index (χ1v) is 10.6. The molecule has 30 heavy (non-hydrogen) atoms. The summed E-state index contributed by atoms with van der Waals surface area (Å²) < 4.78 is 1.82. The topological polar surface area (TPSA) is 58.4 Å². The second-order valence-electron chi connectivity index (χ2n) is 7.96. The fourth-order valence-corrected chi connectivity index (χ4v) is 4.01. The van der Waals surface area contributed by atoms with E-state index in [1.54, 1.807) is 0 Å².